The first-order valence-corrected chi connectivity index (χ1v) is 4.72. The van der Waals surface area contributed by atoms with E-state index in [1.165, 1.54) is 21.7 Å². The summed E-state index contributed by atoms with van der Waals surface area (Å²) in [6.45, 7) is 2.12. The molecule has 1 heterocycles. The molecule has 0 aliphatic carbocycles. The number of furan rings is 1. The summed E-state index contributed by atoms with van der Waals surface area (Å²) in [5, 5.41) is 3.65. The lowest BCUT2D eigenvalue weighted by Crippen LogP contribution is -1.77. The van der Waals surface area contributed by atoms with Gasteiger partial charge in [0, 0.05) is 10.8 Å². The van der Waals surface area contributed by atoms with Crippen LogP contribution in [-0.4, -0.2) is 0 Å². The molecule has 0 bridgehead atoms. The Bertz CT molecular complexity index is 605. The molecule has 0 saturated carbocycles. The van der Waals surface area contributed by atoms with Crippen molar-refractivity contribution in [2.24, 2.45) is 0 Å². The fraction of sp³-hybridized carbons (Fsp3) is 0.0769. The van der Waals surface area contributed by atoms with Gasteiger partial charge in [-0.15, -0.1) is 0 Å². The summed E-state index contributed by atoms with van der Waals surface area (Å²) in [6.07, 6.45) is 1.75. The normalized spacial score (nSPS) is 11.2. The third-order valence-corrected chi connectivity index (χ3v) is 2.67. The third-order valence-electron chi connectivity index (χ3n) is 2.67. The molecule has 0 amide bonds. The van der Waals surface area contributed by atoms with Gasteiger partial charge < -0.3 is 4.42 Å². The van der Waals surface area contributed by atoms with Gasteiger partial charge in [-0.3, -0.25) is 0 Å². The quantitative estimate of drug-likeness (QED) is 0.514. The van der Waals surface area contributed by atoms with Gasteiger partial charge in [0.05, 0.1) is 6.26 Å². The van der Waals surface area contributed by atoms with E-state index in [1.54, 1.807) is 6.26 Å². The molecule has 1 nitrogen and oxygen atoms in total. The first kappa shape index (κ1) is 7.63. The van der Waals surface area contributed by atoms with Crippen LogP contribution in [0.2, 0.25) is 0 Å². The average Bonchev–Trinajstić information content (AvgIpc) is 2.67. The van der Waals surface area contributed by atoms with Crippen molar-refractivity contribution in [1.82, 2.24) is 0 Å². The highest BCUT2D eigenvalue weighted by Gasteiger charge is 2.05. The van der Waals surface area contributed by atoms with Crippen LogP contribution in [0.4, 0.5) is 0 Å². The third kappa shape index (κ3) is 0.896. The van der Waals surface area contributed by atoms with Crippen molar-refractivity contribution in [1.29, 1.82) is 0 Å². The molecule has 0 N–H and O–H groups in total. The number of fused-ring (bicyclic) bond motifs is 3. The van der Waals surface area contributed by atoms with Gasteiger partial charge in [0.15, 0.2) is 0 Å². The van der Waals surface area contributed by atoms with E-state index in [0.717, 1.165) is 5.58 Å². The topological polar surface area (TPSA) is 13.1 Å². The van der Waals surface area contributed by atoms with E-state index in [-0.39, 0.29) is 0 Å². The van der Waals surface area contributed by atoms with E-state index in [2.05, 4.69) is 31.2 Å². The van der Waals surface area contributed by atoms with Crippen molar-refractivity contribution in [2.75, 3.05) is 0 Å². The Morgan fingerprint density at radius 2 is 1.86 bits per heavy atom. The van der Waals surface area contributed by atoms with Crippen molar-refractivity contribution in [3.8, 4) is 0 Å². The second kappa shape index (κ2) is 2.61. The Morgan fingerprint density at radius 3 is 2.79 bits per heavy atom. The Kier molecular flexibility index (Phi) is 1.42. The number of hydrogen-bond acceptors (Lipinski definition) is 1. The van der Waals surface area contributed by atoms with Gasteiger partial charge in [-0.25, -0.2) is 0 Å². The molecule has 0 atom stereocenters. The lowest BCUT2D eigenvalue weighted by atomic mass is 10.0. The first-order chi connectivity index (χ1) is 6.86. The summed E-state index contributed by atoms with van der Waals surface area (Å²) < 4.78 is 5.51. The number of benzene rings is 2. The Hall–Kier alpha value is -1.76. The van der Waals surface area contributed by atoms with Crippen LogP contribution in [-0.2, 0) is 0 Å². The molecule has 0 saturated heterocycles. The van der Waals surface area contributed by atoms with E-state index in [1.807, 2.05) is 12.1 Å². The minimum atomic E-state index is 1.00. The van der Waals surface area contributed by atoms with Crippen LogP contribution in [0.15, 0.2) is 47.1 Å². The van der Waals surface area contributed by atoms with Crippen LogP contribution in [0, 0.1) is 6.92 Å². The Morgan fingerprint density at radius 1 is 1.00 bits per heavy atom. The second-order valence-electron chi connectivity index (χ2n) is 3.58. The largest absolute Gasteiger partial charge is 0.464 e. The molecule has 1 aromatic heterocycles. The van der Waals surface area contributed by atoms with Gasteiger partial charge >= 0.3 is 0 Å². The van der Waals surface area contributed by atoms with Crippen LogP contribution in [0.25, 0.3) is 21.7 Å². The second-order valence-corrected chi connectivity index (χ2v) is 3.58. The van der Waals surface area contributed by atoms with Crippen LogP contribution in [0.1, 0.15) is 5.56 Å². The average molecular weight is 182 g/mol. The molecular weight excluding hydrogens is 172 g/mol. The maximum Gasteiger partial charge on any atom is 0.141 e. The Balaban J connectivity index is 2.66. The van der Waals surface area contributed by atoms with Crippen molar-refractivity contribution in [3.63, 3.8) is 0 Å². The van der Waals surface area contributed by atoms with Crippen LogP contribution < -0.4 is 0 Å². The SMILES string of the molecule is Cc1cc2ccccc2c2occc12. The molecule has 0 fully saturated rings. The fourth-order valence-corrected chi connectivity index (χ4v) is 1.97. The number of aryl methyl sites for hydroxylation is 1. The van der Waals surface area contributed by atoms with E-state index in [0.29, 0.717) is 0 Å². The van der Waals surface area contributed by atoms with Crippen LogP contribution in [0.5, 0.6) is 0 Å². The molecule has 0 aliphatic heterocycles. The van der Waals surface area contributed by atoms with Crippen molar-refractivity contribution in [2.45, 2.75) is 6.92 Å². The summed E-state index contributed by atoms with van der Waals surface area (Å²) in [6, 6.07) is 12.5. The maximum atomic E-state index is 5.51. The summed E-state index contributed by atoms with van der Waals surface area (Å²) in [4.78, 5) is 0. The predicted molar refractivity (Wildman–Crippen MR) is 58.5 cm³/mol. The predicted octanol–water partition coefficient (Wildman–Crippen LogP) is 3.89. The summed E-state index contributed by atoms with van der Waals surface area (Å²) in [5.41, 5.74) is 2.27. The molecule has 3 aromatic rings. The number of hydrogen-bond donors (Lipinski definition) is 0. The highest BCUT2D eigenvalue weighted by molar-refractivity contribution is 6.05. The molecule has 0 spiro atoms. The monoisotopic (exact) mass is 182 g/mol. The molecular formula is C13H10O. The molecule has 3 rings (SSSR count). The van der Waals surface area contributed by atoms with E-state index < -0.39 is 0 Å². The van der Waals surface area contributed by atoms with Gasteiger partial charge in [-0.1, -0.05) is 30.3 Å². The molecule has 2 aromatic carbocycles. The lowest BCUT2D eigenvalue weighted by Gasteiger charge is -2.01. The van der Waals surface area contributed by atoms with Crippen molar-refractivity contribution in [3.05, 3.63) is 48.2 Å². The Labute approximate surface area is 82.0 Å². The highest BCUT2D eigenvalue weighted by atomic mass is 16.3. The maximum absolute atomic E-state index is 5.51. The summed E-state index contributed by atoms with van der Waals surface area (Å²) >= 11 is 0. The minimum absolute atomic E-state index is 1.00. The van der Waals surface area contributed by atoms with E-state index >= 15 is 0 Å². The molecule has 0 unspecified atom stereocenters. The fourth-order valence-electron chi connectivity index (χ4n) is 1.97. The van der Waals surface area contributed by atoms with Crippen LogP contribution in [0.3, 0.4) is 0 Å². The van der Waals surface area contributed by atoms with Gasteiger partial charge in [-0.05, 0) is 23.9 Å². The van der Waals surface area contributed by atoms with Crippen LogP contribution >= 0.6 is 0 Å². The van der Waals surface area contributed by atoms with Gasteiger partial charge in [0.2, 0.25) is 0 Å². The van der Waals surface area contributed by atoms with Crippen molar-refractivity contribution < 1.29 is 4.42 Å². The van der Waals surface area contributed by atoms with Gasteiger partial charge in [-0.2, -0.15) is 0 Å². The zero-order chi connectivity index (χ0) is 9.54. The molecule has 14 heavy (non-hydrogen) atoms. The van der Waals surface area contributed by atoms with E-state index in [4.69, 9.17) is 4.42 Å². The number of rotatable bonds is 0. The standard InChI is InChI=1S/C13H10O/c1-9-8-10-4-2-3-5-12(10)13-11(9)6-7-14-13/h2-8H,1H3. The molecule has 1 heteroatoms. The summed E-state index contributed by atoms with van der Waals surface area (Å²) in [5.74, 6) is 0. The highest BCUT2D eigenvalue weighted by Crippen LogP contribution is 2.28. The van der Waals surface area contributed by atoms with Gasteiger partial charge in [0.1, 0.15) is 5.58 Å². The molecule has 68 valence electrons. The smallest absolute Gasteiger partial charge is 0.141 e. The zero-order valence-electron chi connectivity index (χ0n) is 7.95. The first-order valence-electron chi connectivity index (χ1n) is 4.72. The summed E-state index contributed by atoms with van der Waals surface area (Å²) in [7, 11) is 0. The zero-order valence-corrected chi connectivity index (χ0v) is 7.95. The minimum Gasteiger partial charge on any atom is -0.464 e. The molecule has 0 aliphatic rings. The lowest BCUT2D eigenvalue weighted by molar-refractivity contribution is 0.619. The van der Waals surface area contributed by atoms with E-state index in [9.17, 15) is 0 Å². The molecule has 0 radical (unpaired) electrons. The van der Waals surface area contributed by atoms with Gasteiger partial charge in [0.25, 0.3) is 0 Å². The van der Waals surface area contributed by atoms with Crippen molar-refractivity contribution >= 4 is 21.7 Å².